The molecule has 0 amide bonds. The molecule has 0 unspecified atom stereocenters. The van der Waals surface area contributed by atoms with Crippen LogP contribution in [-0.2, 0) is 16.1 Å². The Bertz CT molecular complexity index is 270. The lowest BCUT2D eigenvalue weighted by Crippen LogP contribution is -2.11. The summed E-state index contributed by atoms with van der Waals surface area (Å²) in [6.45, 7) is 2.05. The fourth-order valence-corrected chi connectivity index (χ4v) is 0.689. The van der Waals surface area contributed by atoms with E-state index in [9.17, 15) is 4.79 Å². The van der Waals surface area contributed by atoms with Crippen LogP contribution in [0.3, 0.4) is 0 Å². The lowest BCUT2D eigenvalue weighted by molar-refractivity contribution is -0.141. The molecular formula is C6H10N4O2. The standard InChI is InChI=1S/C6H10N4O2/c1-5(11)12-3-2-10-8-4-6(7)9-10/h4H,2-3H2,1H3,(H2,7,9). The van der Waals surface area contributed by atoms with Crippen LogP contribution in [0.25, 0.3) is 0 Å². The molecule has 2 N–H and O–H groups in total. The fourth-order valence-electron chi connectivity index (χ4n) is 0.689. The third-order valence-corrected chi connectivity index (χ3v) is 1.15. The third-order valence-electron chi connectivity index (χ3n) is 1.15. The molecule has 1 rings (SSSR count). The van der Waals surface area contributed by atoms with E-state index in [2.05, 4.69) is 14.9 Å². The highest BCUT2D eigenvalue weighted by molar-refractivity contribution is 5.65. The molecule has 6 nitrogen and oxygen atoms in total. The van der Waals surface area contributed by atoms with Gasteiger partial charge in [0.1, 0.15) is 6.61 Å². The minimum absolute atomic E-state index is 0.267. The smallest absolute Gasteiger partial charge is 0.302 e. The summed E-state index contributed by atoms with van der Waals surface area (Å²) in [5.41, 5.74) is 5.31. The van der Waals surface area contributed by atoms with Gasteiger partial charge in [0.15, 0.2) is 5.82 Å². The van der Waals surface area contributed by atoms with Crippen LogP contribution in [0, 0.1) is 0 Å². The number of nitrogens with two attached hydrogens (primary N) is 1. The number of hydrogen-bond acceptors (Lipinski definition) is 5. The summed E-state index contributed by atoms with van der Waals surface area (Å²) in [5.74, 6) is 0.0490. The van der Waals surface area contributed by atoms with E-state index in [1.807, 2.05) is 0 Å². The Morgan fingerprint density at radius 1 is 1.83 bits per heavy atom. The van der Waals surface area contributed by atoms with Crippen molar-refractivity contribution in [1.82, 2.24) is 15.0 Å². The molecule has 1 heterocycles. The molecule has 0 aliphatic carbocycles. The van der Waals surface area contributed by atoms with Crippen molar-refractivity contribution in [2.45, 2.75) is 13.5 Å². The predicted molar refractivity (Wildman–Crippen MR) is 41.1 cm³/mol. The zero-order valence-electron chi connectivity index (χ0n) is 6.73. The van der Waals surface area contributed by atoms with E-state index in [-0.39, 0.29) is 12.6 Å². The molecule has 12 heavy (non-hydrogen) atoms. The molecule has 1 aromatic rings. The van der Waals surface area contributed by atoms with Crippen LogP contribution in [-0.4, -0.2) is 27.6 Å². The van der Waals surface area contributed by atoms with Gasteiger partial charge in [-0.15, -0.1) is 5.10 Å². The molecule has 0 saturated carbocycles. The molecule has 0 spiro atoms. The minimum atomic E-state index is -0.310. The van der Waals surface area contributed by atoms with E-state index < -0.39 is 0 Å². The van der Waals surface area contributed by atoms with Crippen LogP contribution < -0.4 is 5.73 Å². The van der Waals surface area contributed by atoms with Crippen molar-refractivity contribution < 1.29 is 9.53 Å². The van der Waals surface area contributed by atoms with Crippen molar-refractivity contribution in [3.05, 3.63) is 6.20 Å². The number of nitrogens with zero attached hydrogens (tertiary/aromatic N) is 3. The van der Waals surface area contributed by atoms with Gasteiger partial charge in [-0.2, -0.15) is 9.90 Å². The van der Waals surface area contributed by atoms with Gasteiger partial charge in [-0.1, -0.05) is 0 Å². The van der Waals surface area contributed by atoms with E-state index >= 15 is 0 Å². The van der Waals surface area contributed by atoms with Crippen molar-refractivity contribution >= 4 is 11.8 Å². The summed E-state index contributed by atoms with van der Waals surface area (Å²) < 4.78 is 4.67. The van der Waals surface area contributed by atoms with Gasteiger partial charge in [0.05, 0.1) is 12.7 Å². The summed E-state index contributed by atoms with van der Waals surface area (Å²) in [4.78, 5) is 11.7. The normalized spacial score (nSPS) is 9.75. The Morgan fingerprint density at radius 2 is 2.58 bits per heavy atom. The molecule has 0 aliphatic rings. The zero-order valence-corrected chi connectivity index (χ0v) is 6.73. The first-order chi connectivity index (χ1) is 5.68. The highest BCUT2D eigenvalue weighted by atomic mass is 16.5. The van der Waals surface area contributed by atoms with Crippen LogP contribution in [0.1, 0.15) is 6.92 Å². The van der Waals surface area contributed by atoms with Crippen LogP contribution in [0.15, 0.2) is 6.20 Å². The second kappa shape index (κ2) is 3.70. The van der Waals surface area contributed by atoms with Crippen molar-refractivity contribution in [3.8, 4) is 0 Å². The van der Waals surface area contributed by atoms with E-state index in [1.54, 1.807) is 0 Å². The number of esters is 1. The van der Waals surface area contributed by atoms with Gasteiger partial charge in [0.2, 0.25) is 0 Å². The van der Waals surface area contributed by atoms with Gasteiger partial charge >= 0.3 is 5.97 Å². The topological polar surface area (TPSA) is 83.0 Å². The first kappa shape index (κ1) is 8.51. The number of ether oxygens (including phenoxy) is 1. The Kier molecular flexibility index (Phi) is 2.62. The average Bonchev–Trinajstić information content (AvgIpc) is 2.35. The summed E-state index contributed by atoms with van der Waals surface area (Å²) in [7, 11) is 0. The largest absolute Gasteiger partial charge is 0.464 e. The third kappa shape index (κ3) is 2.57. The van der Waals surface area contributed by atoms with Gasteiger partial charge in [-0.05, 0) is 0 Å². The summed E-state index contributed by atoms with van der Waals surface area (Å²) in [5, 5.41) is 7.60. The Labute approximate surface area is 69.3 Å². The van der Waals surface area contributed by atoms with Crippen molar-refractivity contribution in [1.29, 1.82) is 0 Å². The highest BCUT2D eigenvalue weighted by Crippen LogP contribution is 1.90. The summed E-state index contributed by atoms with van der Waals surface area (Å²) in [6.07, 6.45) is 1.44. The van der Waals surface area contributed by atoms with Crippen LogP contribution >= 0.6 is 0 Å². The number of aromatic nitrogens is 3. The van der Waals surface area contributed by atoms with Crippen LogP contribution in [0.2, 0.25) is 0 Å². The molecular weight excluding hydrogens is 160 g/mol. The molecule has 0 aromatic carbocycles. The second-order valence-corrected chi connectivity index (χ2v) is 2.21. The van der Waals surface area contributed by atoms with Crippen molar-refractivity contribution in [2.24, 2.45) is 0 Å². The predicted octanol–water partition coefficient (Wildman–Crippen LogP) is -0.577. The molecule has 0 atom stereocenters. The quantitative estimate of drug-likeness (QED) is 0.614. The first-order valence-corrected chi connectivity index (χ1v) is 3.47. The lowest BCUT2D eigenvalue weighted by Gasteiger charge is -1.99. The Balaban J connectivity index is 2.29. The molecule has 0 radical (unpaired) electrons. The van der Waals surface area contributed by atoms with Crippen LogP contribution in [0.4, 0.5) is 5.82 Å². The van der Waals surface area contributed by atoms with E-state index in [0.717, 1.165) is 0 Å². The molecule has 0 saturated heterocycles. The summed E-state index contributed by atoms with van der Waals surface area (Å²) in [6, 6.07) is 0. The summed E-state index contributed by atoms with van der Waals surface area (Å²) >= 11 is 0. The maximum atomic E-state index is 10.3. The second-order valence-electron chi connectivity index (χ2n) is 2.21. The number of carbonyl (C=O) groups is 1. The number of nitrogen functional groups attached to an aromatic ring is 1. The first-order valence-electron chi connectivity index (χ1n) is 3.47. The van der Waals surface area contributed by atoms with Gasteiger partial charge < -0.3 is 10.5 Å². The highest BCUT2D eigenvalue weighted by Gasteiger charge is 1.97. The molecule has 0 aliphatic heterocycles. The van der Waals surface area contributed by atoms with Gasteiger partial charge in [0.25, 0.3) is 0 Å². The number of hydrogen-bond donors (Lipinski definition) is 1. The fraction of sp³-hybridized carbons (Fsp3) is 0.500. The van der Waals surface area contributed by atoms with Gasteiger partial charge in [0, 0.05) is 6.92 Å². The number of anilines is 1. The van der Waals surface area contributed by atoms with Crippen molar-refractivity contribution in [2.75, 3.05) is 12.3 Å². The molecule has 6 heteroatoms. The number of rotatable bonds is 3. The van der Waals surface area contributed by atoms with E-state index in [4.69, 9.17) is 5.73 Å². The van der Waals surface area contributed by atoms with E-state index in [0.29, 0.717) is 12.4 Å². The zero-order chi connectivity index (χ0) is 8.97. The molecule has 1 aromatic heterocycles. The molecule has 66 valence electrons. The Morgan fingerprint density at radius 3 is 3.08 bits per heavy atom. The average molecular weight is 170 g/mol. The number of carbonyl (C=O) groups excluding carboxylic acids is 1. The molecule has 0 bridgehead atoms. The van der Waals surface area contributed by atoms with Gasteiger partial charge in [-0.3, -0.25) is 4.79 Å². The van der Waals surface area contributed by atoms with Gasteiger partial charge in [-0.25, -0.2) is 0 Å². The van der Waals surface area contributed by atoms with Crippen molar-refractivity contribution in [3.63, 3.8) is 0 Å². The SMILES string of the molecule is CC(=O)OCCn1ncc(N)n1. The Hall–Kier alpha value is -1.59. The minimum Gasteiger partial charge on any atom is -0.464 e. The van der Waals surface area contributed by atoms with E-state index in [1.165, 1.54) is 17.9 Å². The monoisotopic (exact) mass is 170 g/mol. The molecule has 0 fully saturated rings. The lowest BCUT2D eigenvalue weighted by atomic mass is 10.7. The van der Waals surface area contributed by atoms with Crippen LogP contribution in [0.5, 0.6) is 0 Å². The maximum Gasteiger partial charge on any atom is 0.302 e. The maximum absolute atomic E-state index is 10.3.